The molecule has 0 rings (SSSR count). The molecule has 2 N–H and O–H groups in total. The van der Waals surface area contributed by atoms with Crippen LogP contribution in [-0.4, -0.2) is 27.3 Å². The molecule has 0 fully saturated rings. The Labute approximate surface area is 72.6 Å². The summed E-state index contributed by atoms with van der Waals surface area (Å²) in [6, 6.07) is 0. The Morgan fingerprint density at radius 2 is 1.40 bits per heavy atom. The first-order valence-electron chi connectivity index (χ1n) is 0.361. The van der Waals surface area contributed by atoms with Gasteiger partial charge in [0.15, 0.2) is 0 Å². The van der Waals surface area contributed by atoms with Crippen molar-refractivity contribution in [1.82, 2.24) is 0 Å². The fourth-order valence-corrected chi connectivity index (χ4v) is 0. The first-order chi connectivity index (χ1) is 2.00. The van der Waals surface area contributed by atoms with Crippen LogP contribution >= 0.6 is 25.1 Å². The Morgan fingerprint density at radius 1 is 1.40 bits per heavy atom. The molecule has 0 saturated heterocycles. The predicted molar refractivity (Wildman–Crippen MR) is 27.5 cm³/mol. The summed E-state index contributed by atoms with van der Waals surface area (Å²) in [6.45, 7) is 0. The van der Waals surface area contributed by atoms with Gasteiger partial charge in [-0.15, -0.1) is 0 Å². The standard InChI is InChI=1S/BrCl.Mn.H2N.Pb.2H/c1-2;;;;;/h;;1H2;;;/q;+1;-1;;;. The van der Waals surface area contributed by atoms with Gasteiger partial charge >= 0.3 is 48.3 Å². The molecule has 0 aromatic rings. The number of rotatable bonds is 0. The van der Waals surface area contributed by atoms with Crippen LogP contribution in [0.1, 0.15) is 0 Å². The average molecular weight is 396 g/mol. The molecule has 5 heavy (non-hydrogen) atoms. The Morgan fingerprint density at radius 3 is 1.40 bits per heavy atom. The molecule has 0 aliphatic carbocycles. The van der Waals surface area contributed by atoms with E-state index in [0.717, 1.165) is 0 Å². The normalized spacial score (nSPS) is 2.40. The minimum absolute atomic E-state index is 0. The Bertz CT molecular complexity index is 11.6. The molecule has 34 valence electrons. The van der Waals surface area contributed by atoms with Gasteiger partial charge in [-0.3, -0.25) is 0 Å². The number of nitrogens with two attached hydrogens (primary N) is 1. The summed E-state index contributed by atoms with van der Waals surface area (Å²) in [5, 5.41) is 0. The third-order valence-corrected chi connectivity index (χ3v) is 0. The van der Waals surface area contributed by atoms with Crippen molar-refractivity contribution in [3.8, 4) is 0 Å². The van der Waals surface area contributed by atoms with E-state index in [-0.39, 0.29) is 27.3 Å². The summed E-state index contributed by atoms with van der Waals surface area (Å²) in [5.74, 6) is 0. The van der Waals surface area contributed by atoms with Crippen LogP contribution in [0.4, 0.5) is 0 Å². The van der Waals surface area contributed by atoms with Gasteiger partial charge in [-0.1, -0.05) is 0 Å². The molecule has 0 bridgehead atoms. The van der Waals surface area contributed by atoms with Crippen molar-refractivity contribution in [2.45, 2.75) is 0 Å². The monoisotopic (exact) mass is 395 g/mol. The molecule has 0 spiro atoms. The second-order valence-electron chi connectivity index (χ2n) is 0. The summed E-state index contributed by atoms with van der Waals surface area (Å²) in [6.07, 6.45) is 0. The van der Waals surface area contributed by atoms with Crippen LogP contribution in [0.15, 0.2) is 0 Å². The second kappa shape index (κ2) is 35.0. The van der Waals surface area contributed by atoms with Gasteiger partial charge < -0.3 is 0 Å². The van der Waals surface area contributed by atoms with Crippen LogP contribution < -0.4 is 4.75 Å². The zero-order chi connectivity index (χ0) is 4.00. The van der Waals surface area contributed by atoms with E-state index in [9.17, 15) is 0 Å². The zero-order valence-corrected chi connectivity index (χ0v) is 11.4. The zero-order valence-electron chi connectivity index (χ0n) is 2.42. The Hall–Kier alpha value is 2.17. The van der Waals surface area contributed by atoms with Crippen molar-refractivity contribution in [2.24, 2.45) is 4.75 Å². The number of halogens is 2. The summed E-state index contributed by atoms with van der Waals surface area (Å²) in [4.78, 5) is 0. The van der Waals surface area contributed by atoms with E-state index < -0.39 is 0 Å². The summed E-state index contributed by atoms with van der Waals surface area (Å²) in [7, 11) is 4.45. The fraction of sp³-hybridized carbons (Fsp3) is 0. The van der Waals surface area contributed by atoms with E-state index in [4.69, 9.17) is 0 Å². The van der Waals surface area contributed by atoms with Crippen molar-refractivity contribution >= 4 is 52.4 Å². The summed E-state index contributed by atoms with van der Waals surface area (Å²) in [5.41, 5.74) is 0. The van der Waals surface area contributed by atoms with Gasteiger partial charge in [0.2, 0.25) is 0 Å². The molecule has 0 amide bonds. The van der Waals surface area contributed by atoms with E-state index in [1.165, 1.54) is 0 Å². The van der Waals surface area contributed by atoms with Gasteiger partial charge in [0, 0.05) is 15.0 Å². The quantitative estimate of drug-likeness (QED) is 0.576. The van der Waals surface area contributed by atoms with Gasteiger partial charge in [-0.25, -0.2) is 0 Å². The maximum atomic E-state index is 4.45. The van der Waals surface area contributed by atoms with E-state index >= 15 is 0 Å². The average Bonchev–Trinajstić information content (AvgIpc) is 1.50. The first-order valence-corrected chi connectivity index (χ1v) is 3.13. The van der Waals surface area contributed by atoms with Crippen LogP contribution in [0, 0.1) is 0 Å². The van der Waals surface area contributed by atoms with E-state index in [0.29, 0.717) is 0 Å². The summed E-state index contributed by atoms with van der Waals surface area (Å²) < 4.78 is 4.31. The molecule has 0 aliphatic rings. The van der Waals surface area contributed by atoms with Crippen LogP contribution in [0.3, 0.4) is 0 Å². The Kier molecular flexibility index (Phi) is 110. The van der Waals surface area contributed by atoms with Crippen LogP contribution in [-0.2, 0) is 16.2 Å². The third-order valence-electron chi connectivity index (χ3n) is 0. The van der Waals surface area contributed by atoms with Crippen LogP contribution in [0.25, 0.3) is 0 Å². The van der Waals surface area contributed by atoms with Crippen molar-refractivity contribution in [3.05, 3.63) is 0 Å². The molecule has 1 nitrogen and oxygen atoms in total. The molecule has 0 unspecified atom stereocenters. The molecule has 0 aromatic heterocycles. The van der Waals surface area contributed by atoms with E-state index in [1.54, 1.807) is 0 Å². The van der Waals surface area contributed by atoms with Crippen molar-refractivity contribution in [2.75, 3.05) is 0 Å². The molecule has 5 heteroatoms. The molecular weight excluding hydrogens is 392 g/mol. The van der Waals surface area contributed by atoms with Gasteiger partial charge in [-0.05, 0) is 10.1 Å². The molecule has 0 atom stereocenters. The number of hydrogen-bond acceptors (Lipinski definition) is 1. The predicted octanol–water partition coefficient (Wildman–Crippen LogP) is 0.0258. The van der Waals surface area contributed by atoms with Crippen LogP contribution in [0.5, 0.6) is 0 Å². The number of hydrogen-bond donors (Lipinski definition) is 1. The van der Waals surface area contributed by atoms with E-state index in [1.807, 2.05) is 0 Å². The minimum atomic E-state index is 0. The van der Waals surface area contributed by atoms with Crippen LogP contribution in [0.2, 0.25) is 0 Å². The van der Waals surface area contributed by atoms with Gasteiger partial charge in [0.05, 0.1) is 0 Å². The van der Waals surface area contributed by atoms with Crippen molar-refractivity contribution in [3.63, 3.8) is 0 Å². The molecular formula is H4BrClMnNPb. The molecule has 0 aliphatic heterocycles. The molecule has 0 aromatic carbocycles. The molecule has 0 saturated carbocycles. The van der Waals surface area contributed by atoms with Gasteiger partial charge in [-0.2, -0.15) is 0 Å². The fourth-order valence-electron chi connectivity index (χ4n) is 0. The van der Waals surface area contributed by atoms with E-state index in [2.05, 4.69) is 46.1 Å². The SMILES string of the molecule is ClBr.[NH2][Mn].[PbH2]. The summed E-state index contributed by atoms with van der Waals surface area (Å²) >= 11 is 4.85. The first kappa shape index (κ1) is 15.7. The van der Waals surface area contributed by atoms with Crippen molar-refractivity contribution < 1.29 is 16.2 Å². The molecule has 0 heterocycles. The van der Waals surface area contributed by atoms with Gasteiger partial charge in [0.25, 0.3) is 0 Å². The Balaban J connectivity index is -0.0000000133. The maximum absolute atomic E-state index is 4.45. The topological polar surface area (TPSA) is 26.0 Å². The second-order valence-corrected chi connectivity index (χ2v) is 0. The van der Waals surface area contributed by atoms with Crippen molar-refractivity contribution in [1.29, 1.82) is 0 Å². The third kappa shape index (κ3) is 22.8. The van der Waals surface area contributed by atoms with Gasteiger partial charge in [0.1, 0.15) is 0 Å². The molecule has 2 radical (unpaired) electrons.